The lowest BCUT2D eigenvalue weighted by Crippen LogP contribution is -2.31. The second-order valence-corrected chi connectivity index (χ2v) is 6.96. The third kappa shape index (κ3) is 5.58. The number of ether oxygens (including phenoxy) is 1. The maximum atomic E-state index is 12.2. The Morgan fingerprint density at radius 2 is 1.89 bits per heavy atom. The van der Waals surface area contributed by atoms with Gasteiger partial charge < -0.3 is 15.4 Å². The van der Waals surface area contributed by atoms with Crippen molar-refractivity contribution < 1.29 is 14.3 Å². The fourth-order valence-electron chi connectivity index (χ4n) is 2.81. The zero-order chi connectivity index (χ0) is 19.2. The van der Waals surface area contributed by atoms with Crippen molar-refractivity contribution in [2.45, 2.75) is 39.2 Å². The van der Waals surface area contributed by atoms with E-state index in [9.17, 15) is 9.59 Å². The van der Waals surface area contributed by atoms with Crippen molar-refractivity contribution in [3.05, 3.63) is 59.7 Å². The maximum Gasteiger partial charge on any atom is 0.258 e. The molecule has 0 spiro atoms. The topological polar surface area (TPSA) is 67.4 Å². The highest BCUT2D eigenvalue weighted by molar-refractivity contribution is 5.94. The summed E-state index contributed by atoms with van der Waals surface area (Å²) < 4.78 is 5.58. The number of carbonyl (C=O) groups is 2. The minimum absolute atomic E-state index is 0.0489. The van der Waals surface area contributed by atoms with Crippen LogP contribution in [0.4, 0.5) is 5.69 Å². The average Bonchev–Trinajstić information content (AvgIpc) is 3.52. The Balaban J connectivity index is 1.48. The molecule has 0 heterocycles. The molecule has 0 aliphatic heterocycles. The molecule has 142 valence electrons. The van der Waals surface area contributed by atoms with Gasteiger partial charge in [-0.15, -0.1) is 0 Å². The molecule has 0 radical (unpaired) electrons. The SMILES string of the molecule is CCc1ccc([C@@H](C)NC(=O)COc2cccc(NC(=O)C3CC3)c2)cc1. The van der Waals surface area contributed by atoms with Crippen LogP contribution in [0.1, 0.15) is 43.9 Å². The Hall–Kier alpha value is -2.82. The Kier molecular flexibility index (Phi) is 6.12. The third-order valence-corrected chi connectivity index (χ3v) is 4.69. The van der Waals surface area contributed by atoms with Gasteiger partial charge in [-0.1, -0.05) is 37.3 Å². The first-order valence-corrected chi connectivity index (χ1v) is 9.47. The molecule has 2 amide bonds. The number of nitrogens with one attached hydrogen (secondary N) is 2. The number of benzene rings is 2. The molecular weight excluding hydrogens is 340 g/mol. The standard InChI is InChI=1S/C22H26N2O3/c1-3-16-7-9-17(10-8-16)15(2)23-21(25)14-27-20-6-4-5-19(13-20)24-22(26)18-11-12-18/h4-10,13,15,18H,3,11-12,14H2,1-2H3,(H,23,25)(H,24,26)/t15-/m1/s1. The second kappa shape index (κ2) is 8.71. The van der Waals surface area contributed by atoms with E-state index in [0.717, 1.165) is 24.8 Å². The predicted molar refractivity (Wildman–Crippen MR) is 106 cm³/mol. The molecule has 3 rings (SSSR count). The number of hydrogen-bond donors (Lipinski definition) is 2. The van der Waals surface area contributed by atoms with Crippen molar-refractivity contribution in [1.82, 2.24) is 5.32 Å². The van der Waals surface area contributed by atoms with Gasteiger partial charge in [0.25, 0.3) is 5.91 Å². The fourth-order valence-corrected chi connectivity index (χ4v) is 2.81. The molecule has 0 bridgehead atoms. The van der Waals surface area contributed by atoms with Crippen molar-refractivity contribution in [1.29, 1.82) is 0 Å². The molecule has 2 aromatic carbocycles. The number of aryl methyl sites for hydroxylation is 1. The van der Waals surface area contributed by atoms with Crippen LogP contribution in [-0.2, 0) is 16.0 Å². The molecule has 1 saturated carbocycles. The number of amides is 2. The van der Waals surface area contributed by atoms with E-state index in [4.69, 9.17) is 4.74 Å². The van der Waals surface area contributed by atoms with Crippen molar-refractivity contribution in [3.8, 4) is 5.75 Å². The zero-order valence-electron chi connectivity index (χ0n) is 15.8. The second-order valence-electron chi connectivity index (χ2n) is 6.96. The molecule has 1 atom stereocenters. The molecule has 0 unspecified atom stereocenters. The molecule has 0 aromatic heterocycles. The van der Waals surface area contributed by atoms with E-state index in [1.165, 1.54) is 5.56 Å². The fraction of sp³-hybridized carbons (Fsp3) is 0.364. The van der Waals surface area contributed by atoms with Crippen LogP contribution in [0.3, 0.4) is 0 Å². The van der Waals surface area contributed by atoms with Gasteiger partial charge in [0, 0.05) is 17.7 Å². The summed E-state index contributed by atoms with van der Waals surface area (Å²) >= 11 is 0. The number of rotatable bonds is 8. The van der Waals surface area contributed by atoms with E-state index in [1.54, 1.807) is 18.2 Å². The van der Waals surface area contributed by atoms with Gasteiger partial charge in [-0.3, -0.25) is 9.59 Å². The first-order chi connectivity index (χ1) is 13.0. The maximum absolute atomic E-state index is 12.2. The molecule has 1 aliphatic carbocycles. The van der Waals surface area contributed by atoms with Gasteiger partial charge in [0.2, 0.25) is 5.91 Å². The number of anilines is 1. The Morgan fingerprint density at radius 1 is 1.15 bits per heavy atom. The number of carbonyl (C=O) groups excluding carboxylic acids is 2. The van der Waals surface area contributed by atoms with E-state index in [0.29, 0.717) is 11.4 Å². The van der Waals surface area contributed by atoms with Crippen LogP contribution in [0.2, 0.25) is 0 Å². The zero-order valence-corrected chi connectivity index (χ0v) is 15.8. The molecule has 2 N–H and O–H groups in total. The first-order valence-electron chi connectivity index (χ1n) is 9.47. The summed E-state index contributed by atoms with van der Waals surface area (Å²) in [4.78, 5) is 24.0. The Bertz CT molecular complexity index is 797. The molecule has 0 saturated heterocycles. The molecule has 1 aliphatic rings. The van der Waals surface area contributed by atoms with Crippen molar-refractivity contribution >= 4 is 17.5 Å². The lowest BCUT2D eigenvalue weighted by atomic mass is 10.1. The first kappa shape index (κ1) is 19.0. The van der Waals surface area contributed by atoms with Crippen molar-refractivity contribution in [2.24, 2.45) is 5.92 Å². The highest BCUT2D eigenvalue weighted by Gasteiger charge is 2.29. The van der Waals surface area contributed by atoms with Crippen molar-refractivity contribution in [2.75, 3.05) is 11.9 Å². The minimum atomic E-state index is -0.186. The lowest BCUT2D eigenvalue weighted by molar-refractivity contribution is -0.123. The minimum Gasteiger partial charge on any atom is -0.484 e. The molecule has 5 nitrogen and oxygen atoms in total. The van der Waals surface area contributed by atoms with E-state index in [-0.39, 0.29) is 30.4 Å². The summed E-state index contributed by atoms with van der Waals surface area (Å²) in [6.07, 6.45) is 2.91. The quantitative estimate of drug-likeness (QED) is 0.746. The predicted octanol–water partition coefficient (Wildman–Crippen LogP) is 3.85. The molecule has 27 heavy (non-hydrogen) atoms. The molecular formula is C22H26N2O3. The van der Waals surface area contributed by atoms with Crippen molar-refractivity contribution in [3.63, 3.8) is 0 Å². The van der Waals surface area contributed by atoms with Crippen LogP contribution < -0.4 is 15.4 Å². The average molecular weight is 366 g/mol. The number of hydrogen-bond acceptors (Lipinski definition) is 3. The molecule has 1 fully saturated rings. The summed E-state index contributed by atoms with van der Waals surface area (Å²) in [7, 11) is 0. The van der Waals surface area contributed by atoms with Gasteiger partial charge >= 0.3 is 0 Å². The van der Waals surface area contributed by atoms with Gasteiger partial charge in [-0.25, -0.2) is 0 Å². The molecule has 5 heteroatoms. The highest BCUT2D eigenvalue weighted by atomic mass is 16.5. The lowest BCUT2D eigenvalue weighted by Gasteiger charge is -2.15. The normalized spacial score (nSPS) is 14.3. The van der Waals surface area contributed by atoms with Gasteiger partial charge in [0.05, 0.1) is 6.04 Å². The summed E-state index contributed by atoms with van der Waals surface area (Å²) in [5, 5.41) is 5.82. The van der Waals surface area contributed by atoms with Crippen LogP contribution in [-0.4, -0.2) is 18.4 Å². The van der Waals surface area contributed by atoms with E-state index >= 15 is 0 Å². The third-order valence-electron chi connectivity index (χ3n) is 4.69. The van der Waals surface area contributed by atoms with Crippen LogP contribution in [0.15, 0.2) is 48.5 Å². The Morgan fingerprint density at radius 3 is 2.56 bits per heavy atom. The smallest absolute Gasteiger partial charge is 0.258 e. The van der Waals surface area contributed by atoms with Crippen LogP contribution >= 0.6 is 0 Å². The summed E-state index contributed by atoms with van der Waals surface area (Å²) in [6.45, 7) is 3.99. The Labute approximate surface area is 160 Å². The summed E-state index contributed by atoms with van der Waals surface area (Å²) in [5.74, 6) is 0.564. The van der Waals surface area contributed by atoms with Gasteiger partial charge in [-0.05, 0) is 49.4 Å². The molecule has 2 aromatic rings. The van der Waals surface area contributed by atoms with Gasteiger partial charge in [0.15, 0.2) is 6.61 Å². The summed E-state index contributed by atoms with van der Waals surface area (Å²) in [6, 6.07) is 15.3. The van der Waals surface area contributed by atoms with Gasteiger partial charge in [0.1, 0.15) is 5.75 Å². The van der Waals surface area contributed by atoms with E-state index in [1.807, 2.05) is 25.1 Å². The largest absolute Gasteiger partial charge is 0.484 e. The monoisotopic (exact) mass is 366 g/mol. The van der Waals surface area contributed by atoms with E-state index in [2.05, 4.69) is 29.7 Å². The van der Waals surface area contributed by atoms with E-state index < -0.39 is 0 Å². The summed E-state index contributed by atoms with van der Waals surface area (Å²) in [5.41, 5.74) is 3.02. The van der Waals surface area contributed by atoms with Gasteiger partial charge in [-0.2, -0.15) is 0 Å². The van der Waals surface area contributed by atoms with Crippen LogP contribution in [0.5, 0.6) is 5.75 Å². The van der Waals surface area contributed by atoms with Crippen LogP contribution in [0.25, 0.3) is 0 Å². The van der Waals surface area contributed by atoms with Crippen LogP contribution in [0, 0.1) is 5.92 Å². The highest BCUT2D eigenvalue weighted by Crippen LogP contribution is 2.30.